The van der Waals surface area contributed by atoms with Crippen LogP contribution in [0, 0.1) is 13.8 Å². The summed E-state index contributed by atoms with van der Waals surface area (Å²) in [5.41, 5.74) is 3.37. The lowest BCUT2D eigenvalue weighted by Crippen LogP contribution is -2.38. The Balaban J connectivity index is 1.82. The zero-order valence-electron chi connectivity index (χ0n) is 15.1. The van der Waals surface area contributed by atoms with Crippen LogP contribution in [0.5, 0.6) is 5.75 Å². The number of ether oxygens (including phenoxy) is 1. The summed E-state index contributed by atoms with van der Waals surface area (Å²) in [5, 5.41) is 3.74. The molecular formula is C21H26ClNO2. The largest absolute Gasteiger partial charge is 0.481 e. The number of nitrogens with one attached hydrogen (secondary N) is 1. The maximum absolute atomic E-state index is 12.4. The summed E-state index contributed by atoms with van der Waals surface area (Å²) in [6.07, 6.45) is 1.84. The minimum atomic E-state index is -0.471. The number of benzene rings is 2. The van der Waals surface area contributed by atoms with E-state index in [4.69, 9.17) is 16.3 Å². The molecule has 1 atom stereocenters. The minimum absolute atomic E-state index is 0.0687. The molecule has 0 aliphatic carbocycles. The second kappa shape index (κ2) is 9.47. The van der Waals surface area contributed by atoms with Crippen molar-refractivity contribution in [3.8, 4) is 5.75 Å². The van der Waals surface area contributed by atoms with E-state index < -0.39 is 6.10 Å². The number of amides is 1. The molecule has 4 heteroatoms. The van der Waals surface area contributed by atoms with Crippen LogP contribution in [-0.4, -0.2) is 18.6 Å². The molecule has 0 heterocycles. The van der Waals surface area contributed by atoms with E-state index in [2.05, 4.69) is 11.4 Å². The summed E-state index contributed by atoms with van der Waals surface area (Å²) in [5.74, 6) is 0.677. The zero-order chi connectivity index (χ0) is 18.2. The third-order valence-corrected chi connectivity index (χ3v) is 4.39. The monoisotopic (exact) mass is 359 g/mol. The number of rotatable bonds is 8. The van der Waals surface area contributed by atoms with Gasteiger partial charge < -0.3 is 10.1 Å². The highest BCUT2D eigenvalue weighted by Crippen LogP contribution is 2.19. The lowest BCUT2D eigenvalue weighted by Gasteiger charge is -2.18. The average molecular weight is 360 g/mol. The first-order chi connectivity index (χ1) is 12.0. The molecule has 0 unspecified atom stereocenters. The molecule has 0 aromatic heterocycles. The summed E-state index contributed by atoms with van der Waals surface area (Å²) < 4.78 is 5.89. The van der Waals surface area contributed by atoms with Gasteiger partial charge in [0.1, 0.15) is 5.75 Å². The fourth-order valence-corrected chi connectivity index (χ4v) is 3.02. The minimum Gasteiger partial charge on any atom is -0.481 e. The van der Waals surface area contributed by atoms with Gasteiger partial charge in [-0.3, -0.25) is 4.79 Å². The Morgan fingerprint density at radius 3 is 2.48 bits per heavy atom. The topological polar surface area (TPSA) is 38.3 Å². The molecule has 2 rings (SSSR count). The first-order valence-corrected chi connectivity index (χ1v) is 9.13. The summed E-state index contributed by atoms with van der Waals surface area (Å²) in [6.45, 7) is 6.61. The van der Waals surface area contributed by atoms with Crippen molar-refractivity contribution in [2.45, 2.75) is 46.1 Å². The fourth-order valence-electron chi connectivity index (χ4n) is 2.79. The van der Waals surface area contributed by atoms with Gasteiger partial charge in [0.25, 0.3) is 5.91 Å². The van der Waals surface area contributed by atoms with Gasteiger partial charge in [-0.1, -0.05) is 42.8 Å². The Morgan fingerprint density at radius 2 is 1.84 bits per heavy atom. The van der Waals surface area contributed by atoms with Gasteiger partial charge in [0, 0.05) is 11.6 Å². The highest BCUT2D eigenvalue weighted by molar-refractivity contribution is 6.31. The molecule has 1 N–H and O–H groups in total. The molecule has 0 bridgehead atoms. The molecular weight excluding hydrogens is 334 g/mol. The lowest BCUT2D eigenvalue weighted by atomic mass is 10.1. The second-order valence-corrected chi connectivity index (χ2v) is 6.73. The van der Waals surface area contributed by atoms with Crippen molar-refractivity contribution < 1.29 is 9.53 Å². The van der Waals surface area contributed by atoms with E-state index in [9.17, 15) is 4.79 Å². The van der Waals surface area contributed by atoms with Crippen LogP contribution in [0.3, 0.4) is 0 Å². The third kappa shape index (κ3) is 6.09. The predicted molar refractivity (Wildman–Crippen MR) is 103 cm³/mol. The molecule has 134 valence electrons. The van der Waals surface area contributed by atoms with Crippen molar-refractivity contribution in [2.75, 3.05) is 6.54 Å². The average Bonchev–Trinajstić information content (AvgIpc) is 2.57. The lowest BCUT2D eigenvalue weighted by molar-refractivity contribution is -0.128. The van der Waals surface area contributed by atoms with Crippen LogP contribution in [0.2, 0.25) is 5.02 Å². The summed E-state index contributed by atoms with van der Waals surface area (Å²) >= 11 is 6.15. The smallest absolute Gasteiger partial charge is 0.261 e. The van der Waals surface area contributed by atoms with Crippen molar-refractivity contribution in [1.29, 1.82) is 0 Å². The van der Waals surface area contributed by atoms with Crippen LogP contribution < -0.4 is 10.1 Å². The van der Waals surface area contributed by atoms with Crippen LogP contribution >= 0.6 is 11.6 Å². The Hall–Kier alpha value is -2.00. The van der Waals surface area contributed by atoms with Gasteiger partial charge in [-0.05, 0) is 68.0 Å². The van der Waals surface area contributed by atoms with Crippen molar-refractivity contribution in [2.24, 2.45) is 0 Å². The molecule has 2 aromatic rings. The van der Waals surface area contributed by atoms with E-state index in [0.717, 1.165) is 40.3 Å². The summed E-state index contributed by atoms with van der Waals surface area (Å²) in [4.78, 5) is 12.4. The number of carbonyl (C=O) groups is 1. The van der Waals surface area contributed by atoms with E-state index in [0.29, 0.717) is 13.0 Å². The number of halogens is 1. The first kappa shape index (κ1) is 19.3. The zero-order valence-corrected chi connectivity index (χ0v) is 15.9. The quantitative estimate of drug-likeness (QED) is 0.683. The second-order valence-electron chi connectivity index (χ2n) is 6.32. The van der Waals surface area contributed by atoms with Crippen molar-refractivity contribution in [3.63, 3.8) is 0 Å². The van der Waals surface area contributed by atoms with Crippen molar-refractivity contribution in [3.05, 3.63) is 64.2 Å². The standard InChI is InChI=1S/C21H26ClNO2/c1-4-20(25-18-13-15(2)12-16(3)14-18)21(24)23-11-7-9-17-8-5-6-10-19(17)22/h5-6,8,10,12-14,20H,4,7,9,11H2,1-3H3,(H,23,24)/t20-/m1/s1. The van der Waals surface area contributed by atoms with Gasteiger partial charge in [-0.15, -0.1) is 0 Å². The molecule has 0 aliphatic rings. The van der Waals surface area contributed by atoms with Gasteiger partial charge >= 0.3 is 0 Å². The Kier molecular flexibility index (Phi) is 7.32. The maximum atomic E-state index is 12.4. The van der Waals surface area contributed by atoms with Crippen molar-refractivity contribution in [1.82, 2.24) is 5.32 Å². The first-order valence-electron chi connectivity index (χ1n) is 8.75. The van der Waals surface area contributed by atoms with E-state index in [1.165, 1.54) is 0 Å². The van der Waals surface area contributed by atoms with E-state index >= 15 is 0 Å². The predicted octanol–water partition coefficient (Wildman–Crippen LogP) is 4.86. The Morgan fingerprint density at radius 1 is 1.16 bits per heavy atom. The van der Waals surface area contributed by atoms with Gasteiger partial charge in [-0.25, -0.2) is 0 Å². The molecule has 0 saturated carbocycles. The summed E-state index contributed by atoms with van der Waals surface area (Å²) in [7, 11) is 0. The number of carbonyl (C=O) groups excluding carboxylic acids is 1. The molecule has 3 nitrogen and oxygen atoms in total. The fraction of sp³-hybridized carbons (Fsp3) is 0.381. The molecule has 0 fully saturated rings. The SMILES string of the molecule is CC[C@@H](Oc1cc(C)cc(C)c1)C(=O)NCCCc1ccccc1Cl. The van der Waals surface area contributed by atoms with E-state index in [1.807, 2.05) is 57.2 Å². The highest BCUT2D eigenvalue weighted by Gasteiger charge is 2.18. The molecule has 0 spiro atoms. The van der Waals surface area contributed by atoms with Crippen LogP contribution in [0.15, 0.2) is 42.5 Å². The molecule has 2 aromatic carbocycles. The van der Waals surface area contributed by atoms with E-state index in [-0.39, 0.29) is 5.91 Å². The molecule has 0 radical (unpaired) electrons. The van der Waals surface area contributed by atoms with Gasteiger partial charge in [-0.2, -0.15) is 0 Å². The number of hydrogen-bond donors (Lipinski definition) is 1. The van der Waals surface area contributed by atoms with E-state index in [1.54, 1.807) is 0 Å². The normalized spacial score (nSPS) is 11.8. The van der Waals surface area contributed by atoms with Crippen LogP contribution in [0.1, 0.15) is 36.5 Å². The number of hydrogen-bond acceptors (Lipinski definition) is 2. The van der Waals surface area contributed by atoms with Gasteiger partial charge in [0.2, 0.25) is 0 Å². The molecule has 25 heavy (non-hydrogen) atoms. The van der Waals surface area contributed by atoms with Crippen LogP contribution in [-0.2, 0) is 11.2 Å². The van der Waals surface area contributed by atoms with Gasteiger partial charge in [0.15, 0.2) is 6.10 Å². The Labute approximate surface area is 155 Å². The van der Waals surface area contributed by atoms with Crippen LogP contribution in [0.4, 0.5) is 0 Å². The molecule has 0 aliphatic heterocycles. The Bertz CT molecular complexity index is 695. The summed E-state index contributed by atoms with van der Waals surface area (Å²) in [6, 6.07) is 13.8. The van der Waals surface area contributed by atoms with Crippen LogP contribution in [0.25, 0.3) is 0 Å². The van der Waals surface area contributed by atoms with Crippen molar-refractivity contribution >= 4 is 17.5 Å². The number of aryl methyl sites for hydroxylation is 3. The highest BCUT2D eigenvalue weighted by atomic mass is 35.5. The molecule has 0 saturated heterocycles. The third-order valence-electron chi connectivity index (χ3n) is 4.02. The molecule has 1 amide bonds. The maximum Gasteiger partial charge on any atom is 0.261 e. The van der Waals surface area contributed by atoms with Gasteiger partial charge in [0.05, 0.1) is 0 Å².